The summed E-state index contributed by atoms with van der Waals surface area (Å²) < 4.78 is 47.2. The van der Waals surface area contributed by atoms with Gasteiger partial charge in [0, 0.05) is 11.1 Å². The molecule has 0 amide bonds. The van der Waals surface area contributed by atoms with Crippen molar-refractivity contribution in [2.45, 2.75) is 31.4 Å². The van der Waals surface area contributed by atoms with Gasteiger partial charge in [-0.2, -0.15) is 4.72 Å². The smallest absolute Gasteiger partial charge is 0.322 e. The van der Waals surface area contributed by atoms with Gasteiger partial charge in [0.15, 0.2) is 0 Å². The molecule has 0 saturated heterocycles. The molecule has 8 heteroatoms. The van der Waals surface area contributed by atoms with E-state index in [-0.39, 0.29) is 17.3 Å². The van der Waals surface area contributed by atoms with E-state index in [1.807, 2.05) is 12.1 Å². The summed E-state index contributed by atoms with van der Waals surface area (Å²) in [7, 11) is -4.01. The fraction of sp³-hybridized carbons (Fsp3) is 0.208. The molecule has 0 spiro atoms. The van der Waals surface area contributed by atoms with Gasteiger partial charge >= 0.3 is 5.97 Å². The van der Waals surface area contributed by atoms with Gasteiger partial charge in [-0.3, -0.25) is 4.79 Å². The second kappa shape index (κ2) is 9.93. The number of hydrogen-bond acceptors (Lipinski definition) is 4. The van der Waals surface area contributed by atoms with Crippen LogP contribution in [0.2, 0.25) is 0 Å². The number of carbonyl (C=O) groups is 1. The molecule has 0 aliphatic carbocycles. The molecule has 168 valence electrons. The van der Waals surface area contributed by atoms with Crippen molar-refractivity contribution < 1.29 is 27.4 Å². The molecule has 6 nitrogen and oxygen atoms in total. The van der Waals surface area contributed by atoms with Crippen LogP contribution >= 0.6 is 0 Å². The number of aliphatic carboxylic acids is 1. The number of carboxylic acid groups (broad SMARTS) is 1. The third kappa shape index (κ3) is 5.52. The van der Waals surface area contributed by atoms with Crippen LogP contribution < -0.4 is 9.46 Å². The zero-order chi connectivity index (χ0) is 23.3. The molecule has 1 unspecified atom stereocenters. The molecule has 0 aliphatic heterocycles. The van der Waals surface area contributed by atoms with E-state index in [0.29, 0.717) is 22.4 Å². The zero-order valence-electron chi connectivity index (χ0n) is 17.7. The van der Waals surface area contributed by atoms with Crippen LogP contribution in [0, 0.1) is 11.7 Å². The Morgan fingerprint density at radius 3 is 2.25 bits per heavy atom. The van der Waals surface area contributed by atoms with Crippen LogP contribution in [0.5, 0.6) is 5.75 Å². The second-order valence-corrected chi connectivity index (χ2v) is 9.30. The Morgan fingerprint density at radius 2 is 1.62 bits per heavy atom. The summed E-state index contributed by atoms with van der Waals surface area (Å²) in [6, 6.07) is 18.3. The molecule has 0 heterocycles. The maximum Gasteiger partial charge on any atom is 0.322 e. The van der Waals surface area contributed by atoms with Crippen LogP contribution in [0.4, 0.5) is 4.39 Å². The molecule has 1 atom stereocenters. The Balaban J connectivity index is 1.82. The Bertz CT molecular complexity index is 1190. The van der Waals surface area contributed by atoms with Gasteiger partial charge in [-0.05, 0) is 35.7 Å². The number of hydrogen-bond donors (Lipinski definition) is 2. The van der Waals surface area contributed by atoms with E-state index in [1.165, 1.54) is 18.2 Å². The van der Waals surface area contributed by atoms with Crippen LogP contribution in [0.3, 0.4) is 0 Å². The van der Waals surface area contributed by atoms with Crippen molar-refractivity contribution in [2.75, 3.05) is 0 Å². The lowest BCUT2D eigenvalue weighted by molar-refractivity contribution is -0.140. The molecule has 0 fully saturated rings. The van der Waals surface area contributed by atoms with E-state index in [9.17, 15) is 22.7 Å². The average Bonchev–Trinajstić information content (AvgIpc) is 2.77. The van der Waals surface area contributed by atoms with Crippen molar-refractivity contribution in [3.63, 3.8) is 0 Å². The molecule has 0 saturated carbocycles. The molecule has 3 rings (SSSR count). The lowest BCUT2D eigenvalue weighted by Gasteiger charge is -2.18. The largest absolute Gasteiger partial charge is 0.488 e. The first kappa shape index (κ1) is 23.4. The van der Waals surface area contributed by atoms with Crippen molar-refractivity contribution >= 4 is 16.0 Å². The minimum absolute atomic E-state index is 0.0436. The van der Waals surface area contributed by atoms with Gasteiger partial charge in [-0.15, -0.1) is 0 Å². The third-order valence-corrected chi connectivity index (χ3v) is 6.38. The Kier molecular flexibility index (Phi) is 7.27. The SMILES string of the molecule is CC(C)C(NS(=O)(=O)c1ccc(-c2ccccc2OCc2ccccc2F)cc1)C(=O)O. The molecule has 0 bridgehead atoms. The standard InChI is InChI=1S/C24H24FNO5S/c1-16(2)23(24(27)28)26-32(29,30)19-13-11-17(12-14-19)20-8-4-6-10-22(20)31-15-18-7-3-5-9-21(18)25/h3-14,16,23,26H,15H2,1-2H3,(H,27,28). The maximum atomic E-state index is 13.9. The first-order valence-electron chi connectivity index (χ1n) is 10.00. The summed E-state index contributed by atoms with van der Waals surface area (Å²) in [5, 5.41) is 9.26. The number of ether oxygens (including phenoxy) is 1. The van der Waals surface area contributed by atoms with Gasteiger partial charge in [0.05, 0.1) is 4.90 Å². The lowest BCUT2D eigenvalue weighted by Crippen LogP contribution is -2.44. The highest BCUT2D eigenvalue weighted by Gasteiger charge is 2.28. The van der Waals surface area contributed by atoms with Gasteiger partial charge < -0.3 is 9.84 Å². The minimum Gasteiger partial charge on any atom is -0.488 e. The van der Waals surface area contributed by atoms with Crippen molar-refractivity contribution in [2.24, 2.45) is 5.92 Å². The summed E-state index contributed by atoms with van der Waals surface area (Å²) >= 11 is 0. The van der Waals surface area contributed by atoms with Crippen molar-refractivity contribution in [1.29, 1.82) is 0 Å². The Labute approximate surface area is 186 Å². The molecule has 3 aromatic rings. The Morgan fingerprint density at radius 1 is 1.00 bits per heavy atom. The van der Waals surface area contributed by atoms with Gasteiger partial charge in [-0.1, -0.05) is 62.4 Å². The minimum atomic E-state index is -4.01. The molecule has 3 aromatic carbocycles. The van der Waals surface area contributed by atoms with Crippen LogP contribution in [-0.4, -0.2) is 25.5 Å². The molecule has 32 heavy (non-hydrogen) atoms. The van der Waals surface area contributed by atoms with E-state index in [0.717, 1.165) is 0 Å². The maximum absolute atomic E-state index is 13.9. The Hall–Kier alpha value is -3.23. The number of nitrogens with one attached hydrogen (secondary N) is 1. The molecular weight excluding hydrogens is 433 g/mol. The van der Waals surface area contributed by atoms with Gasteiger partial charge in [0.1, 0.15) is 24.2 Å². The summed E-state index contributed by atoms with van der Waals surface area (Å²) in [5.41, 5.74) is 1.84. The van der Waals surface area contributed by atoms with Crippen LogP contribution in [0.25, 0.3) is 11.1 Å². The van der Waals surface area contributed by atoms with Crippen molar-refractivity contribution in [3.8, 4) is 16.9 Å². The number of halogens is 1. The predicted molar refractivity (Wildman–Crippen MR) is 119 cm³/mol. The topological polar surface area (TPSA) is 92.7 Å². The van der Waals surface area contributed by atoms with Gasteiger partial charge in [0.2, 0.25) is 10.0 Å². The van der Waals surface area contributed by atoms with Crippen molar-refractivity contribution in [3.05, 3.63) is 84.2 Å². The van der Waals surface area contributed by atoms with E-state index in [1.54, 1.807) is 56.3 Å². The third-order valence-electron chi connectivity index (χ3n) is 4.92. The first-order valence-corrected chi connectivity index (χ1v) is 11.5. The van der Waals surface area contributed by atoms with Crippen LogP contribution in [0.1, 0.15) is 19.4 Å². The highest BCUT2D eigenvalue weighted by molar-refractivity contribution is 7.89. The quantitative estimate of drug-likeness (QED) is 0.495. The predicted octanol–water partition coefficient (Wildman–Crippen LogP) is 4.46. The first-order chi connectivity index (χ1) is 15.2. The number of sulfonamides is 1. The van der Waals surface area contributed by atoms with E-state index < -0.39 is 28.0 Å². The number of rotatable bonds is 9. The summed E-state index contributed by atoms with van der Waals surface area (Å²) in [4.78, 5) is 11.3. The fourth-order valence-electron chi connectivity index (χ4n) is 3.12. The second-order valence-electron chi connectivity index (χ2n) is 7.58. The normalized spacial score (nSPS) is 12.5. The van der Waals surface area contributed by atoms with E-state index in [4.69, 9.17) is 4.74 Å². The van der Waals surface area contributed by atoms with Gasteiger partial charge in [-0.25, -0.2) is 12.8 Å². The fourth-order valence-corrected chi connectivity index (χ4v) is 4.46. The highest BCUT2D eigenvalue weighted by Crippen LogP contribution is 2.31. The summed E-state index contributed by atoms with van der Waals surface area (Å²) in [6.45, 7) is 3.30. The van der Waals surface area contributed by atoms with Crippen LogP contribution in [-0.2, 0) is 21.4 Å². The summed E-state index contributed by atoms with van der Waals surface area (Å²) in [5.74, 6) is -1.48. The molecule has 0 radical (unpaired) electrons. The monoisotopic (exact) mass is 457 g/mol. The average molecular weight is 458 g/mol. The van der Waals surface area contributed by atoms with Crippen LogP contribution in [0.15, 0.2) is 77.7 Å². The summed E-state index contributed by atoms with van der Waals surface area (Å²) in [6.07, 6.45) is 0. The van der Waals surface area contributed by atoms with Gasteiger partial charge in [0.25, 0.3) is 0 Å². The molecular formula is C24H24FNO5S. The number of benzene rings is 3. The molecule has 0 aliphatic rings. The number of carboxylic acids is 1. The molecule has 2 N–H and O–H groups in total. The highest BCUT2D eigenvalue weighted by atomic mass is 32.2. The molecule has 0 aromatic heterocycles. The van der Waals surface area contributed by atoms with E-state index >= 15 is 0 Å². The lowest BCUT2D eigenvalue weighted by atomic mass is 10.0. The zero-order valence-corrected chi connectivity index (χ0v) is 18.5. The van der Waals surface area contributed by atoms with E-state index in [2.05, 4.69) is 4.72 Å². The number of para-hydroxylation sites is 1. The van der Waals surface area contributed by atoms with Crippen molar-refractivity contribution in [1.82, 2.24) is 4.72 Å².